The molecule has 2 heterocycles. The van der Waals surface area contributed by atoms with Crippen LogP contribution >= 0.6 is 24.2 Å². The number of nitrogens with one attached hydrogen (secondary N) is 1. The van der Waals surface area contributed by atoms with Gasteiger partial charge in [-0.25, -0.2) is 0 Å². The van der Waals surface area contributed by atoms with Crippen molar-refractivity contribution in [2.75, 3.05) is 31.1 Å². The van der Waals surface area contributed by atoms with E-state index in [0.29, 0.717) is 5.91 Å². The van der Waals surface area contributed by atoms with Crippen LogP contribution in [0.1, 0.15) is 26.2 Å². The van der Waals surface area contributed by atoms with Crippen LogP contribution in [0, 0.1) is 0 Å². The number of nitrogens with zero attached hydrogens (tertiary/aromatic N) is 1. The topological polar surface area (TPSA) is 32.3 Å². The SMILES string of the molecule is CC1(C(=O)N2CCSCC2)CCCCN1.Cl. The molecule has 0 saturated carbocycles. The standard InChI is InChI=1S/C11H20N2OS.ClH/c1-11(4-2-3-5-12-11)10(14)13-6-8-15-9-7-13;/h12H,2-9H2,1H3;1H. The van der Waals surface area contributed by atoms with E-state index in [2.05, 4.69) is 12.2 Å². The summed E-state index contributed by atoms with van der Waals surface area (Å²) in [5, 5.41) is 3.39. The molecule has 1 atom stereocenters. The lowest BCUT2D eigenvalue weighted by atomic mass is 9.89. The molecule has 0 aromatic carbocycles. The van der Waals surface area contributed by atoms with Gasteiger partial charge in [-0.05, 0) is 32.7 Å². The lowest BCUT2D eigenvalue weighted by Gasteiger charge is -2.39. The number of amides is 1. The van der Waals surface area contributed by atoms with Gasteiger partial charge in [-0.3, -0.25) is 4.79 Å². The molecule has 0 aromatic rings. The smallest absolute Gasteiger partial charge is 0.242 e. The van der Waals surface area contributed by atoms with E-state index in [1.807, 2.05) is 16.7 Å². The molecule has 2 saturated heterocycles. The summed E-state index contributed by atoms with van der Waals surface area (Å²) in [6, 6.07) is 0. The number of piperidine rings is 1. The summed E-state index contributed by atoms with van der Waals surface area (Å²) in [4.78, 5) is 14.4. The second-order valence-corrected chi connectivity index (χ2v) is 5.85. The zero-order valence-electron chi connectivity index (χ0n) is 9.83. The summed E-state index contributed by atoms with van der Waals surface area (Å²) in [5.74, 6) is 2.52. The fourth-order valence-corrected chi connectivity index (χ4v) is 3.26. The zero-order valence-corrected chi connectivity index (χ0v) is 11.5. The van der Waals surface area contributed by atoms with E-state index < -0.39 is 0 Å². The highest BCUT2D eigenvalue weighted by molar-refractivity contribution is 7.99. The Bertz CT molecular complexity index is 238. The third kappa shape index (κ3) is 3.05. The van der Waals surface area contributed by atoms with Gasteiger partial charge in [-0.2, -0.15) is 11.8 Å². The molecule has 0 aromatic heterocycles. The number of thioether (sulfide) groups is 1. The Labute approximate surface area is 108 Å². The van der Waals surface area contributed by atoms with E-state index in [0.717, 1.165) is 37.6 Å². The molecule has 3 nitrogen and oxygen atoms in total. The highest BCUT2D eigenvalue weighted by Crippen LogP contribution is 2.22. The molecule has 94 valence electrons. The minimum absolute atomic E-state index is 0. The largest absolute Gasteiger partial charge is 0.339 e. The van der Waals surface area contributed by atoms with Gasteiger partial charge in [0, 0.05) is 24.6 Å². The van der Waals surface area contributed by atoms with Crippen molar-refractivity contribution in [1.82, 2.24) is 10.2 Å². The molecule has 1 N–H and O–H groups in total. The predicted molar refractivity (Wildman–Crippen MR) is 71.4 cm³/mol. The molecule has 0 aliphatic carbocycles. The van der Waals surface area contributed by atoms with Gasteiger partial charge >= 0.3 is 0 Å². The first-order valence-electron chi connectivity index (χ1n) is 5.84. The molecular formula is C11H21ClN2OS. The highest BCUT2D eigenvalue weighted by atomic mass is 35.5. The lowest BCUT2D eigenvalue weighted by Crippen LogP contribution is -2.59. The van der Waals surface area contributed by atoms with Crippen molar-refractivity contribution in [2.45, 2.75) is 31.7 Å². The van der Waals surface area contributed by atoms with E-state index in [1.165, 1.54) is 12.8 Å². The van der Waals surface area contributed by atoms with Crippen LogP contribution < -0.4 is 5.32 Å². The molecule has 5 heteroatoms. The van der Waals surface area contributed by atoms with Crippen LogP contribution in [0.15, 0.2) is 0 Å². The number of carbonyl (C=O) groups is 1. The van der Waals surface area contributed by atoms with Crippen LogP contribution in [0.4, 0.5) is 0 Å². The monoisotopic (exact) mass is 264 g/mol. The summed E-state index contributed by atoms with van der Waals surface area (Å²) in [6.07, 6.45) is 3.38. The molecule has 0 bridgehead atoms. The Hall–Kier alpha value is 0.0700. The molecular weight excluding hydrogens is 244 g/mol. The minimum Gasteiger partial charge on any atom is -0.339 e. The first kappa shape index (κ1) is 14.1. The second kappa shape index (κ2) is 6.12. The molecule has 0 spiro atoms. The fourth-order valence-electron chi connectivity index (χ4n) is 2.35. The lowest BCUT2D eigenvalue weighted by molar-refractivity contribution is -0.138. The molecule has 2 rings (SSSR count). The van der Waals surface area contributed by atoms with Gasteiger partial charge in [0.15, 0.2) is 0 Å². The summed E-state index contributed by atoms with van der Waals surface area (Å²) in [6.45, 7) is 4.92. The second-order valence-electron chi connectivity index (χ2n) is 4.62. The van der Waals surface area contributed by atoms with Crippen LogP contribution in [-0.4, -0.2) is 47.5 Å². The highest BCUT2D eigenvalue weighted by Gasteiger charge is 2.37. The molecule has 1 amide bonds. The van der Waals surface area contributed by atoms with Gasteiger partial charge in [-0.1, -0.05) is 0 Å². The van der Waals surface area contributed by atoms with Crippen molar-refractivity contribution in [3.63, 3.8) is 0 Å². The third-order valence-corrected chi connectivity index (χ3v) is 4.33. The first-order chi connectivity index (χ1) is 7.22. The van der Waals surface area contributed by atoms with Crippen molar-refractivity contribution in [3.8, 4) is 0 Å². The maximum Gasteiger partial charge on any atom is 0.242 e. The van der Waals surface area contributed by atoms with E-state index >= 15 is 0 Å². The molecule has 2 aliphatic rings. The van der Waals surface area contributed by atoms with Gasteiger partial charge < -0.3 is 10.2 Å². The summed E-state index contributed by atoms with van der Waals surface area (Å²) >= 11 is 1.95. The predicted octanol–water partition coefficient (Wildman–Crippen LogP) is 1.52. The molecule has 2 aliphatic heterocycles. The maximum absolute atomic E-state index is 12.3. The van der Waals surface area contributed by atoms with Crippen LogP contribution in [-0.2, 0) is 4.79 Å². The first-order valence-corrected chi connectivity index (χ1v) is 7.00. The third-order valence-electron chi connectivity index (χ3n) is 3.39. The summed E-state index contributed by atoms with van der Waals surface area (Å²) in [7, 11) is 0. The average Bonchev–Trinajstić information content (AvgIpc) is 2.30. The van der Waals surface area contributed by atoms with Crippen LogP contribution in [0.2, 0.25) is 0 Å². The van der Waals surface area contributed by atoms with Gasteiger partial charge in [0.05, 0.1) is 5.54 Å². The summed E-state index contributed by atoms with van der Waals surface area (Å²) < 4.78 is 0. The van der Waals surface area contributed by atoms with Gasteiger partial charge in [-0.15, -0.1) is 12.4 Å². The Kier molecular flexibility index (Phi) is 5.41. The van der Waals surface area contributed by atoms with E-state index in [-0.39, 0.29) is 17.9 Å². The molecule has 2 fully saturated rings. The molecule has 16 heavy (non-hydrogen) atoms. The molecule has 1 unspecified atom stereocenters. The summed E-state index contributed by atoms with van der Waals surface area (Å²) in [5.41, 5.74) is -0.278. The van der Waals surface area contributed by atoms with Gasteiger partial charge in [0.1, 0.15) is 0 Å². The van der Waals surface area contributed by atoms with Crippen LogP contribution in [0.25, 0.3) is 0 Å². The van der Waals surface area contributed by atoms with Crippen molar-refractivity contribution in [1.29, 1.82) is 0 Å². The van der Waals surface area contributed by atoms with Crippen molar-refractivity contribution < 1.29 is 4.79 Å². The van der Waals surface area contributed by atoms with Gasteiger partial charge in [0.25, 0.3) is 0 Å². The fraction of sp³-hybridized carbons (Fsp3) is 0.909. The van der Waals surface area contributed by atoms with E-state index in [9.17, 15) is 4.79 Å². The number of hydrogen-bond donors (Lipinski definition) is 1. The number of halogens is 1. The Morgan fingerprint density at radius 2 is 2.00 bits per heavy atom. The van der Waals surface area contributed by atoms with Crippen LogP contribution in [0.3, 0.4) is 0 Å². The Morgan fingerprint density at radius 1 is 1.31 bits per heavy atom. The Morgan fingerprint density at radius 3 is 2.56 bits per heavy atom. The zero-order chi connectivity index (χ0) is 10.7. The van der Waals surface area contributed by atoms with Crippen molar-refractivity contribution in [2.24, 2.45) is 0 Å². The molecule has 0 radical (unpaired) electrons. The normalized spacial score (nSPS) is 30.7. The van der Waals surface area contributed by atoms with Gasteiger partial charge in [0.2, 0.25) is 5.91 Å². The van der Waals surface area contributed by atoms with Crippen LogP contribution in [0.5, 0.6) is 0 Å². The maximum atomic E-state index is 12.3. The number of rotatable bonds is 1. The number of carbonyl (C=O) groups excluding carboxylic acids is 1. The van der Waals surface area contributed by atoms with Crippen molar-refractivity contribution >= 4 is 30.1 Å². The van der Waals surface area contributed by atoms with E-state index in [4.69, 9.17) is 0 Å². The Balaban J connectivity index is 0.00000128. The quantitative estimate of drug-likeness (QED) is 0.779. The minimum atomic E-state index is -0.278. The van der Waals surface area contributed by atoms with Crippen molar-refractivity contribution in [3.05, 3.63) is 0 Å². The van der Waals surface area contributed by atoms with E-state index in [1.54, 1.807) is 0 Å². The number of hydrogen-bond acceptors (Lipinski definition) is 3. The average molecular weight is 265 g/mol.